The van der Waals surface area contributed by atoms with Crippen molar-refractivity contribution in [1.29, 1.82) is 0 Å². The quantitative estimate of drug-likeness (QED) is 0.738. The minimum atomic E-state index is -0.404. The van der Waals surface area contributed by atoms with E-state index in [1.165, 1.54) is 6.92 Å². The number of nitrogens with one attached hydrogen (secondary N) is 1. The van der Waals surface area contributed by atoms with E-state index < -0.39 is 5.56 Å². The molecule has 23 heavy (non-hydrogen) atoms. The standard InChI is InChI=1S/C18H14ClNO3/c1-10(21)16-17(11-3-6-13(23-2)7-4-11)14-9-12(19)5-8-15(14)20-18(16)22/h3-9H,1-2H3,(H,20,22). The molecule has 3 rings (SSSR count). The normalized spacial score (nSPS) is 10.7. The van der Waals surface area contributed by atoms with Crippen molar-refractivity contribution in [3.8, 4) is 16.9 Å². The maximum absolute atomic E-state index is 12.3. The van der Waals surface area contributed by atoms with Gasteiger partial charge in [-0.3, -0.25) is 9.59 Å². The van der Waals surface area contributed by atoms with Crippen molar-refractivity contribution in [2.24, 2.45) is 0 Å². The number of Topliss-reactive ketones (excluding diaryl/α,β-unsaturated/α-hetero) is 1. The Bertz CT molecular complexity index is 958. The molecule has 5 heteroatoms. The molecule has 0 bridgehead atoms. The van der Waals surface area contributed by atoms with Crippen molar-refractivity contribution < 1.29 is 9.53 Å². The Morgan fingerprint density at radius 2 is 1.83 bits per heavy atom. The number of rotatable bonds is 3. The lowest BCUT2D eigenvalue weighted by Gasteiger charge is -2.12. The van der Waals surface area contributed by atoms with Crippen LogP contribution in [0.3, 0.4) is 0 Å². The van der Waals surface area contributed by atoms with Gasteiger partial charge in [0.05, 0.1) is 12.7 Å². The van der Waals surface area contributed by atoms with Gasteiger partial charge in [-0.2, -0.15) is 0 Å². The predicted molar refractivity (Wildman–Crippen MR) is 91.6 cm³/mol. The van der Waals surface area contributed by atoms with Gasteiger partial charge in [-0.1, -0.05) is 23.7 Å². The van der Waals surface area contributed by atoms with Gasteiger partial charge >= 0.3 is 0 Å². The van der Waals surface area contributed by atoms with Crippen LogP contribution in [-0.4, -0.2) is 17.9 Å². The first kappa shape index (κ1) is 15.3. The average Bonchev–Trinajstić information content (AvgIpc) is 2.54. The zero-order valence-electron chi connectivity index (χ0n) is 12.6. The first-order valence-electron chi connectivity index (χ1n) is 7.02. The third-order valence-corrected chi connectivity index (χ3v) is 3.94. The number of fused-ring (bicyclic) bond motifs is 1. The Morgan fingerprint density at radius 1 is 1.13 bits per heavy atom. The summed E-state index contributed by atoms with van der Waals surface area (Å²) in [4.78, 5) is 27.1. The molecule has 0 fully saturated rings. The number of ketones is 1. The lowest BCUT2D eigenvalue weighted by Crippen LogP contribution is -2.18. The van der Waals surface area contributed by atoms with E-state index in [0.717, 1.165) is 10.9 Å². The van der Waals surface area contributed by atoms with Gasteiger partial charge in [0.25, 0.3) is 5.56 Å². The summed E-state index contributed by atoms with van der Waals surface area (Å²) in [5.74, 6) is 0.407. The number of methoxy groups -OCH3 is 1. The molecular weight excluding hydrogens is 314 g/mol. The maximum Gasteiger partial charge on any atom is 0.259 e. The molecule has 0 spiro atoms. The lowest BCUT2D eigenvalue weighted by atomic mass is 9.94. The number of pyridine rings is 1. The third-order valence-electron chi connectivity index (χ3n) is 3.71. The van der Waals surface area contributed by atoms with Crippen molar-refractivity contribution in [3.63, 3.8) is 0 Å². The number of benzene rings is 2. The van der Waals surface area contributed by atoms with Gasteiger partial charge in [0, 0.05) is 21.5 Å². The van der Waals surface area contributed by atoms with Gasteiger partial charge in [0.15, 0.2) is 5.78 Å². The summed E-state index contributed by atoms with van der Waals surface area (Å²) >= 11 is 6.10. The molecular formula is C18H14ClNO3. The fourth-order valence-electron chi connectivity index (χ4n) is 2.66. The smallest absolute Gasteiger partial charge is 0.259 e. The molecule has 2 aromatic carbocycles. The van der Waals surface area contributed by atoms with Crippen LogP contribution in [0.5, 0.6) is 5.75 Å². The summed E-state index contributed by atoms with van der Waals surface area (Å²) in [5.41, 5.74) is 1.70. The minimum absolute atomic E-state index is 0.130. The highest BCUT2D eigenvalue weighted by Crippen LogP contribution is 2.32. The van der Waals surface area contributed by atoms with E-state index in [-0.39, 0.29) is 11.3 Å². The number of halogens is 1. The van der Waals surface area contributed by atoms with Crippen molar-refractivity contribution in [3.05, 3.63) is 63.4 Å². The molecule has 0 atom stereocenters. The van der Waals surface area contributed by atoms with E-state index in [4.69, 9.17) is 16.3 Å². The second-order valence-corrected chi connectivity index (χ2v) is 5.62. The van der Waals surface area contributed by atoms with E-state index in [0.29, 0.717) is 21.9 Å². The third kappa shape index (κ3) is 2.73. The number of carbonyl (C=O) groups excluding carboxylic acids is 1. The van der Waals surface area contributed by atoms with Gasteiger partial charge in [0.1, 0.15) is 5.75 Å². The van der Waals surface area contributed by atoms with Gasteiger partial charge in [-0.15, -0.1) is 0 Å². The summed E-state index contributed by atoms with van der Waals surface area (Å²) in [7, 11) is 1.58. The van der Waals surface area contributed by atoms with E-state index in [9.17, 15) is 9.59 Å². The maximum atomic E-state index is 12.3. The summed E-state index contributed by atoms with van der Waals surface area (Å²) in [6.45, 7) is 1.38. The van der Waals surface area contributed by atoms with Crippen LogP contribution < -0.4 is 10.3 Å². The number of aromatic nitrogens is 1. The van der Waals surface area contributed by atoms with E-state index in [1.54, 1.807) is 37.4 Å². The summed E-state index contributed by atoms with van der Waals surface area (Å²) in [5, 5.41) is 1.27. The first-order valence-corrected chi connectivity index (χ1v) is 7.40. The van der Waals surface area contributed by atoms with Crippen molar-refractivity contribution in [2.75, 3.05) is 7.11 Å². The molecule has 1 aromatic heterocycles. The van der Waals surface area contributed by atoms with Gasteiger partial charge in [0.2, 0.25) is 0 Å². The highest BCUT2D eigenvalue weighted by Gasteiger charge is 2.18. The fourth-order valence-corrected chi connectivity index (χ4v) is 2.83. The highest BCUT2D eigenvalue weighted by molar-refractivity contribution is 6.31. The SMILES string of the molecule is COc1ccc(-c2c(C(C)=O)c(=O)[nH]c3ccc(Cl)cc23)cc1. The molecule has 0 aliphatic heterocycles. The van der Waals surface area contributed by atoms with E-state index >= 15 is 0 Å². The second kappa shape index (κ2) is 5.89. The van der Waals surface area contributed by atoms with Crippen LogP contribution in [0.4, 0.5) is 0 Å². The second-order valence-electron chi connectivity index (χ2n) is 5.18. The predicted octanol–water partition coefficient (Wildman–Crippen LogP) is 4.06. The van der Waals surface area contributed by atoms with E-state index in [1.807, 2.05) is 12.1 Å². The first-order chi connectivity index (χ1) is 11.0. The van der Waals surface area contributed by atoms with Gasteiger partial charge < -0.3 is 9.72 Å². The van der Waals surface area contributed by atoms with Crippen molar-refractivity contribution >= 4 is 28.3 Å². The Balaban J connectivity index is 2.43. The van der Waals surface area contributed by atoms with Crippen LogP contribution in [0, 0.1) is 0 Å². The number of aromatic amines is 1. The molecule has 1 N–H and O–H groups in total. The van der Waals surface area contributed by atoms with Crippen molar-refractivity contribution in [2.45, 2.75) is 6.92 Å². The largest absolute Gasteiger partial charge is 0.497 e. The topological polar surface area (TPSA) is 59.2 Å². The monoisotopic (exact) mass is 327 g/mol. The van der Waals surface area contributed by atoms with Crippen LogP contribution in [0.1, 0.15) is 17.3 Å². The molecule has 116 valence electrons. The Morgan fingerprint density at radius 3 is 2.43 bits per heavy atom. The number of ether oxygens (including phenoxy) is 1. The molecule has 0 radical (unpaired) electrons. The van der Waals surface area contributed by atoms with Gasteiger partial charge in [-0.25, -0.2) is 0 Å². The summed E-state index contributed by atoms with van der Waals surface area (Å²) < 4.78 is 5.16. The molecule has 0 saturated heterocycles. The number of H-pyrrole nitrogens is 1. The Labute approximate surface area is 137 Å². The van der Waals surface area contributed by atoms with Gasteiger partial charge in [-0.05, 0) is 42.8 Å². The zero-order valence-corrected chi connectivity index (χ0v) is 13.4. The molecule has 0 aliphatic carbocycles. The molecule has 1 heterocycles. The number of hydrogen-bond donors (Lipinski definition) is 1. The molecule has 0 amide bonds. The molecule has 3 aromatic rings. The summed E-state index contributed by atoms with van der Waals surface area (Å²) in [6, 6.07) is 12.4. The van der Waals surface area contributed by atoms with E-state index in [2.05, 4.69) is 4.98 Å². The summed E-state index contributed by atoms with van der Waals surface area (Å²) in [6.07, 6.45) is 0. The fraction of sp³-hybridized carbons (Fsp3) is 0.111. The Hall–Kier alpha value is -2.59. The Kier molecular flexibility index (Phi) is 3.92. The molecule has 0 aliphatic rings. The van der Waals surface area contributed by atoms with Crippen LogP contribution in [0.15, 0.2) is 47.3 Å². The molecule has 4 nitrogen and oxygen atoms in total. The van der Waals surface area contributed by atoms with Crippen LogP contribution in [-0.2, 0) is 0 Å². The molecule has 0 saturated carbocycles. The van der Waals surface area contributed by atoms with Crippen LogP contribution in [0.25, 0.3) is 22.0 Å². The highest BCUT2D eigenvalue weighted by atomic mass is 35.5. The average molecular weight is 328 g/mol. The molecule has 0 unspecified atom stereocenters. The zero-order chi connectivity index (χ0) is 16.6. The van der Waals surface area contributed by atoms with Crippen LogP contribution >= 0.6 is 11.6 Å². The van der Waals surface area contributed by atoms with Crippen LogP contribution in [0.2, 0.25) is 5.02 Å². The van der Waals surface area contributed by atoms with Crippen molar-refractivity contribution in [1.82, 2.24) is 4.98 Å². The lowest BCUT2D eigenvalue weighted by molar-refractivity contribution is 0.101. The number of hydrogen-bond acceptors (Lipinski definition) is 3. The minimum Gasteiger partial charge on any atom is -0.497 e. The number of carbonyl (C=O) groups is 1.